The number of rotatable bonds is 8. The molecule has 0 saturated heterocycles. The van der Waals surface area contributed by atoms with Gasteiger partial charge in [-0.25, -0.2) is 5.43 Å². The maximum atomic E-state index is 12.4. The molecule has 2 aromatic carbocycles. The van der Waals surface area contributed by atoms with Crippen molar-refractivity contribution in [3.05, 3.63) is 51.5 Å². The number of halogens is 1. The van der Waals surface area contributed by atoms with E-state index >= 15 is 0 Å². The second-order valence-electron chi connectivity index (χ2n) is 7.57. The molecule has 3 rings (SSSR count). The van der Waals surface area contributed by atoms with Crippen LogP contribution in [0.25, 0.3) is 0 Å². The first-order valence-corrected chi connectivity index (χ1v) is 11.1. The van der Waals surface area contributed by atoms with Gasteiger partial charge in [-0.05, 0) is 77.5 Å². The minimum absolute atomic E-state index is 0.0860. The maximum absolute atomic E-state index is 12.4. The van der Waals surface area contributed by atoms with E-state index in [4.69, 9.17) is 9.47 Å². The van der Waals surface area contributed by atoms with Crippen LogP contribution in [0.1, 0.15) is 29.5 Å². The molecule has 3 N–H and O–H groups in total. The van der Waals surface area contributed by atoms with Gasteiger partial charge in [0.15, 0.2) is 18.1 Å². The highest BCUT2D eigenvalue weighted by Crippen LogP contribution is 2.36. The smallest absolute Gasteiger partial charge is 0.329 e. The second kappa shape index (κ2) is 11.0. The number of hydrogen-bond donors (Lipinski definition) is 3. The Balaban J connectivity index is 1.60. The number of aryl methyl sites for hydroxylation is 1. The molecular weight excluding hydrogens is 492 g/mol. The summed E-state index contributed by atoms with van der Waals surface area (Å²) in [4.78, 5) is 35.7. The third kappa shape index (κ3) is 6.79. The first kappa shape index (κ1) is 24.2. The fraction of sp³-hybridized carbons (Fsp3) is 0.304. The number of benzene rings is 2. The zero-order valence-electron chi connectivity index (χ0n) is 18.5. The van der Waals surface area contributed by atoms with E-state index in [1.165, 1.54) is 13.3 Å². The lowest BCUT2D eigenvalue weighted by Crippen LogP contribution is -2.38. The Bertz CT molecular complexity index is 1100. The van der Waals surface area contributed by atoms with Crippen molar-refractivity contribution in [2.75, 3.05) is 19.0 Å². The van der Waals surface area contributed by atoms with E-state index in [1.807, 2.05) is 32.0 Å². The Kier molecular flexibility index (Phi) is 8.05. The van der Waals surface area contributed by atoms with Crippen LogP contribution < -0.4 is 25.5 Å². The quantitative estimate of drug-likeness (QED) is 0.283. The minimum Gasteiger partial charge on any atom is -0.493 e. The average Bonchev–Trinajstić information content (AvgIpc) is 3.59. The van der Waals surface area contributed by atoms with Gasteiger partial charge in [-0.3, -0.25) is 14.4 Å². The normalized spacial score (nSPS) is 12.8. The molecule has 0 bridgehead atoms. The van der Waals surface area contributed by atoms with Crippen molar-refractivity contribution < 1.29 is 23.9 Å². The average molecular weight is 517 g/mol. The molecule has 0 unspecified atom stereocenters. The zero-order valence-corrected chi connectivity index (χ0v) is 20.1. The first-order chi connectivity index (χ1) is 15.8. The monoisotopic (exact) mass is 516 g/mol. The summed E-state index contributed by atoms with van der Waals surface area (Å²) in [6.07, 6.45) is 3.14. The van der Waals surface area contributed by atoms with Gasteiger partial charge in [-0.1, -0.05) is 12.1 Å². The largest absolute Gasteiger partial charge is 0.493 e. The fourth-order valence-corrected chi connectivity index (χ4v) is 3.43. The molecule has 1 aliphatic rings. The number of ether oxygens (including phenoxy) is 2. The molecule has 9 nitrogen and oxygen atoms in total. The number of methoxy groups -OCH3 is 1. The minimum atomic E-state index is -0.834. The Morgan fingerprint density at radius 3 is 2.64 bits per heavy atom. The molecule has 2 aromatic rings. The Labute approximate surface area is 200 Å². The first-order valence-electron chi connectivity index (χ1n) is 10.3. The number of hydrazone groups is 1. The molecule has 174 valence electrons. The molecule has 1 aliphatic carbocycles. The SMILES string of the molecule is COc1cc(/C=N\NC(=O)C(=O)NC2CC2)cc(Br)c1OCC(=O)Nc1cccc(C)c1C. The molecule has 10 heteroatoms. The summed E-state index contributed by atoms with van der Waals surface area (Å²) in [5.74, 6) is -1.15. The van der Waals surface area contributed by atoms with Gasteiger partial charge in [0.2, 0.25) is 0 Å². The third-order valence-corrected chi connectivity index (χ3v) is 5.57. The van der Waals surface area contributed by atoms with Crippen LogP contribution in [0, 0.1) is 13.8 Å². The summed E-state index contributed by atoms with van der Waals surface area (Å²) in [5, 5.41) is 9.22. The van der Waals surface area contributed by atoms with E-state index in [1.54, 1.807) is 12.1 Å². The molecule has 3 amide bonds. The molecule has 33 heavy (non-hydrogen) atoms. The van der Waals surface area contributed by atoms with Gasteiger partial charge in [0, 0.05) is 11.7 Å². The Morgan fingerprint density at radius 2 is 1.94 bits per heavy atom. The molecule has 0 radical (unpaired) electrons. The van der Waals surface area contributed by atoms with Gasteiger partial charge in [0.25, 0.3) is 5.91 Å². The number of amides is 3. The summed E-state index contributed by atoms with van der Waals surface area (Å²) < 4.78 is 11.6. The number of carbonyl (C=O) groups is 3. The highest BCUT2D eigenvalue weighted by Gasteiger charge is 2.26. The van der Waals surface area contributed by atoms with Crippen molar-refractivity contribution in [2.24, 2.45) is 5.10 Å². The van der Waals surface area contributed by atoms with Gasteiger partial charge in [0.05, 0.1) is 17.8 Å². The molecule has 1 fully saturated rings. The van der Waals surface area contributed by atoms with Gasteiger partial charge in [0.1, 0.15) is 0 Å². The topological polar surface area (TPSA) is 118 Å². The van der Waals surface area contributed by atoms with Crippen LogP contribution in [0.15, 0.2) is 39.9 Å². The summed E-state index contributed by atoms with van der Waals surface area (Å²) >= 11 is 3.41. The van der Waals surface area contributed by atoms with Crippen molar-refractivity contribution in [3.8, 4) is 11.5 Å². The van der Waals surface area contributed by atoms with E-state index in [0.29, 0.717) is 21.5 Å². The number of carbonyl (C=O) groups excluding carboxylic acids is 3. The Hall–Kier alpha value is -3.40. The predicted molar refractivity (Wildman–Crippen MR) is 128 cm³/mol. The van der Waals surface area contributed by atoms with E-state index < -0.39 is 11.8 Å². The summed E-state index contributed by atoms with van der Waals surface area (Å²) in [7, 11) is 1.47. The van der Waals surface area contributed by atoms with Gasteiger partial charge >= 0.3 is 11.8 Å². The van der Waals surface area contributed by atoms with Gasteiger partial charge in [-0.15, -0.1) is 0 Å². The zero-order chi connectivity index (χ0) is 24.0. The van der Waals surface area contributed by atoms with Crippen molar-refractivity contribution in [2.45, 2.75) is 32.7 Å². The van der Waals surface area contributed by atoms with Crippen LogP contribution in [0.3, 0.4) is 0 Å². The van der Waals surface area contributed by atoms with Gasteiger partial charge in [-0.2, -0.15) is 5.10 Å². The summed E-state index contributed by atoms with van der Waals surface area (Å²) in [6, 6.07) is 9.08. The van der Waals surface area contributed by atoms with Crippen molar-refractivity contribution in [1.82, 2.24) is 10.7 Å². The lowest BCUT2D eigenvalue weighted by atomic mass is 10.1. The second-order valence-corrected chi connectivity index (χ2v) is 8.42. The van der Waals surface area contributed by atoms with Crippen molar-refractivity contribution in [1.29, 1.82) is 0 Å². The van der Waals surface area contributed by atoms with Crippen LogP contribution in [0.2, 0.25) is 0 Å². The molecular formula is C23H25BrN4O5. The fourth-order valence-electron chi connectivity index (χ4n) is 2.86. The number of nitrogens with one attached hydrogen (secondary N) is 3. The molecule has 1 saturated carbocycles. The Morgan fingerprint density at radius 1 is 1.18 bits per heavy atom. The van der Waals surface area contributed by atoms with Crippen LogP contribution in [-0.2, 0) is 14.4 Å². The van der Waals surface area contributed by atoms with Crippen LogP contribution >= 0.6 is 15.9 Å². The summed E-state index contributed by atoms with van der Waals surface area (Å²) in [5.41, 5.74) is 5.56. The molecule has 0 spiro atoms. The lowest BCUT2D eigenvalue weighted by molar-refractivity contribution is -0.139. The third-order valence-electron chi connectivity index (χ3n) is 4.98. The molecule has 0 heterocycles. The lowest BCUT2D eigenvalue weighted by Gasteiger charge is -2.14. The van der Waals surface area contributed by atoms with E-state index in [-0.39, 0.29) is 18.6 Å². The maximum Gasteiger partial charge on any atom is 0.329 e. The summed E-state index contributed by atoms with van der Waals surface area (Å²) in [6.45, 7) is 3.69. The van der Waals surface area contributed by atoms with Crippen molar-refractivity contribution in [3.63, 3.8) is 0 Å². The van der Waals surface area contributed by atoms with Crippen LogP contribution in [0.4, 0.5) is 5.69 Å². The van der Waals surface area contributed by atoms with Crippen molar-refractivity contribution >= 4 is 45.6 Å². The number of hydrogen-bond acceptors (Lipinski definition) is 6. The van der Waals surface area contributed by atoms with Crippen LogP contribution in [-0.4, -0.2) is 43.7 Å². The van der Waals surface area contributed by atoms with E-state index in [2.05, 4.69) is 37.1 Å². The van der Waals surface area contributed by atoms with E-state index in [0.717, 1.165) is 29.7 Å². The van der Waals surface area contributed by atoms with Gasteiger partial charge < -0.3 is 20.1 Å². The highest BCUT2D eigenvalue weighted by molar-refractivity contribution is 9.10. The van der Waals surface area contributed by atoms with E-state index in [9.17, 15) is 14.4 Å². The predicted octanol–water partition coefficient (Wildman–Crippen LogP) is 2.82. The number of nitrogens with zero attached hydrogens (tertiary/aromatic N) is 1. The number of anilines is 1. The molecule has 0 aliphatic heterocycles. The molecule has 0 aromatic heterocycles. The molecule has 0 atom stereocenters. The van der Waals surface area contributed by atoms with Crippen LogP contribution in [0.5, 0.6) is 11.5 Å². The highest BCUT2D eigenvalue weighted by atomic mass is 79.9. The standard InChI is InChI=1S/C23H25BrN4O5/c1-13-5-4-6-18(14(13)2)27-20(29)12-33-21-17(24)9-15(10-19(21)32-3)11-25-28-23(31)22(30)26-16-7-8-16/h4-6,9-11,16H,7-8,12H2,1-3H3,(H,26,30)(H,27,29)(H,28,31)/b25-11-.